The van der Waals surface area contributed by atoms with Gasteiger partial charge in [-0.05, 0) is 64.5 Å². The predicted octanol–water partition coefficient (Wildman–Crippen LogP) is 6.02. The van der Waals surface area contributed by atoms with Crippen molar-refractivity contribution in [2.75, 3.05) is 39.1 Å². The number of carbonyl (C=O) groups excluding carboxylic acids is 3. The third-order valence-electron chi connectivity index (χ3n) is 11.6. The fourth-order valence-electron chi connectivity index (χ4n) is 7.59. The van der Waals surface area contributed by atoms with Gasteiger partial charge in [-0.1, -0.05) is 52.7 Å². The molecule has 3 aromatic rings. The molecular weight excluding hydrogens is 861 g/mol. The summed E-state index contributed by atoms with van der Waals surface area (Å²) in [6.07, 6.45) is 7.22. The van der Waals surface area contributed by atoms with Gasteiger partial charge < -0.3 is 40.7 Å². The number of hydrogen-bond acceptors (Lipinski definition) is 12. The summed E-state index contributed by atoms with van der Waals surface area (Å²) in [7, 11) is -0.590. The largest absolute Gasteiger partial charge is 0.497 e. The number of ether oxygens (including phenoxy) is 2. The number of likely N-dealkylation sites (N-methyl/N-ethyl adjacent to an activating group) is 1. The molecule has 352 valence electrons. The van der Waals surface area contributed by atoms with E-state index >= 15 is 0 Å². The van der Waals surface area contributed by atoms with Crippen LogP contribution in [0, 0.1) is 11.3 Å². The number of carboxylic acids is 1. The summed E-state index contributed by atoms with van der Waals surface area (Å²) in [5, 5.41) is 24.5. The molecule has 2 aliphatic rings. The van der Waals surface area contributed by atoms with Gasteiger partial charge in [0.15, 0.2) is 5.13 Å². The molecule has 3 unspecified atom stereocenters. The first kappa shape index (κ1) is 50.0. The first-order valence-corrected chi connectivity index (χ1v) is 24.4. The van der Waals surface area contributed by atoms with Gasteiger partial charge in [0.05, 0.1) is 36.7 Å². The van der Waals surface area contributed by atoms with Gasteiger partial charge in [-0.25, -0.2) is 32.3 Å². The number of thiazole rings is 1. The molecule has 3 heterocycles. The van der Waals surface area contributed by atoms with Crippen molar-refractivity contribution in [1.29, 1.82) is 0 Å². The number of hydrogen-bond donors (Lipinski definition) is 5. The zero-order valence-electron chi connectivity index (χ0n) is 38.7. The molecule has 17 nitrogen and oxygen atoms in total. The number of nitrogens with one attached hydrogen (secondary N) is 4. The second-order valence-corrected chi connectivity index (χ2v) is 21.8. The number of sulfonamides is 1. The maximum atomic E-state index is 14.3. The van der Waals surface area contributed by atoms with E-state index in [2.05, 4.69) is 28.2 Å². The third-order valence-corrected chi connectivity index (χ3v) is 14.6. The van der Waals surface area contributed by atoms with Crippen LogP contribution >= 0.6 is 11.3 Å². The second-order valence-electron chi connectivity index (χ2n) is 18.4. The number of aromatic nitrogens is 2. The molecule has 1 saturated carbocycles. The number of anilines is 1. The van der Waals surface area contributed by atoms with Gasteiger partial charge >= 0.3 is 12.0 Å². The molecule has 5 N–H and O–H groups in total. The Hall–Kier alpha value is -5.01. The Morgan fingerprint density at radius 2 is 1.83 bits per heavy atom. The molecule has 1 aliphatic heterocycles. The van der Waals surface area contributed by atoms with Crippen LogP contribution in [0.5, 0.6) is 11.5 Å². The highest BCUT2D eigenvalue weighted by Gasteiger charge is 2.61. The SMILES string of the molecule is CCCCC/C=C\C1C[C@]1(NC(=O)[C@@H]1CC(Oc2cc(-c3csc(NC(C)C)n3)nc3cc(OC)ccc23)CN1C(=O)CNC(=O)NC(CN(C)S(=O)(=O)C(C)C)C(C)(C)C)C(=O)O. The first-order chi connectivity index (χ1) is 30.1. The Morgan fingerprint density at radius 3 is 2.47 bits per heavy atom. The summed E-state index contributed by atoms with van der Waals surface area (Å²) in [4.78, 5) is 65.4. The number of rotatable bonds is 21. The highest BCUT2D eigenvalue weighted by Crippen LogP contribution is 2.45. The van der Waals surface area contributed by atoms with Crippen molar-refractivity contribution in [3.05, 3.63) is 41.8 Å². The highest BCUT2D eigenvalue weighted by molar-refractivity contribution is 7.89. The normalized spacial score (nSPS) is 20.5. The van der Waals surface area contributed by atoms with Gasteiger partial charge in [0.25, 0.3) is 0 Å². The number of nitrogens with zero attached hydrogens (tertiary/aromatic N) is 4. The molecule has 1 aliphatic carbocycles. The molecule has 0 radical (unpaired) electrons. The van der Waals surface area contributed by atoms with Crippen LogP contribution in [0.3, 0.4) is 0 Å². The number of unbranched alkanes of at least 4 members (excludes halogenated alkanes) is 3. The van der Waals surface area contributed by atoms with Gasteiger partial charge in [0.1, 0.15) is 34.9 Å². The molecule has 2 fully saturated rings. The minimum Gasteiger partial charge on any atom is -0.497 e. The molecule has 1 aromatic carbocycles. The van der Waals surface area contributed by atoms with E-state index in [0.717, 1.165) is 30.8 Å². The van der Waals surface area contributed by atoms with Gasteiger partial charge in [-0.2, -0.15) is 0 Å². The molecule has 2 aromatic heterocycles. The van der Waals surface area contributed by atoms with Crippen molar-refractivity contribution in [2.45, 2.75) is 129 Å². The van der Waals surface area contributed by atoms with E-state index in [1.54, 1.807) is 39.2 Å². The van der Waals surface area contributed by atoms with Crippen molar-refractivity contribution < 1.29 is 42.2 Å². The van der Waals surface area contributed by atoms with E-state index in [1.165, 1.54) is 27.6 Å². The van der Waals surface area contributed by atoms with Crippen molar-refractivity contribution in [1.82, 2.24) is 35.1 Å². The monoisotopic (exact) mass is 926 g/mol. The van der Waals surface area contributed by atoms with Crippen LogP contribution in [0.25, 0.3) is 22.3 Å². The first-order valence-electron chi connectivity index (χ1n) is 22.0. The van der Waals surface area contributed by atoms with Gasteiger partial charge in [0, 0.05) is 60.9 Å². The number of benzene rings is 1. The number of allylic oxidation sites excluding steroid dienone is 1. The molecule has 0 bridgehead atoms. The quantitative estimate of drug-likeness (QED) is 0.0612. The minimum absolute atomic E-state index is 0.00429. The fraction of sp³-hybridized carbons (Fsp3) is 0.600. The van der Waals surface area contributed by atoms with Gasteiger partial charge in [0.2, 0.25) is 21.8 Å². The Labute approximate surface area is 381 Å². The smallest absolute Gasteiger partial charge is 0.330 e. The van der Waals surface area contributed by atoms with Crippen LogP contribution in [-0.4, -0.2) is 125 Å². The van der Waals surface area contributed by atoms with Crippen molar-refractivity contribution in [3.8, 4) is 22.9 Å². The number of fused-ring (bicyclic) bond motifs is 1. The van der Waals surface area contributed by atoms with E-state index < -0.39 is 80.7 Å². The standard InChI is InChI=1S/C45H66N8O9S2/c1-11-12-13-14-15-16-29-22-45(29,41(56)57)51-40(55)36-20-31(24-53(36)39(54)23-46-42(58)50-38(44(6,7)8)25-52(9)64(59,60)28(4)5)62-37-21-34(35-26-63-43(49-35)47-27(2)3)48-33-19-30(61-10)17-18-32(33)37/h15-19,21,26-29,31,36,38H,11-14,20,22-25H2,1-10H3,(H,47,49)(H,51,55)(H,56,57)(H2,46,50,58)/b16-15-/t29?,31?,36-,38?,45+/m0/s1. The third kappa shape index (κ3) is 12.2. The summed E-state index contributed by atoms with van der Waals surface area (Å²) >= 11 is 1.44. The molecular formula is C45H66N8O9S2. The van der Waals surface area contributed by atoms with Crippen LogP contribution < -0.4 is 30.7 Å². The lowest BCUT2D eigenvalue weighted by Crippen LogP contribution is -2.56. The van der Waals surface area contributed by atoms with Crippen LogP contribution in [0.4, 0.5) is 9.93 Å². The molecule has 1 saturated heterocycles. The Balaban J connectivity index is 1.40. The summed E-state index contributed by atoms with van der Waals surface area (Å²) in [6, 6.07) is 4.84. The average molecular weight is 927 g/mol. The zero-order valence-corrected chi connectivity index (χ0v) is 40.3. The van der Waals surface area contributed by atoms with Crippen LogP contribution in [-0.2, 0) is 24.4 Å². The summed E-state index contributed by atoms with van der Waals surface area (Å²) in [5.74, 6) is -1.81. The number of carbonyl (C=O) groups is 4. The van der Waals surface area contributed by atoms with E-state index in [1.807, 2.05) is 58.2 Å². The molecule has 0 spiro atoms. The second kappa shape index (κ2) is 20.9. The number of urea groups is 1. The maximum absolute atomic E-state index is 14.3. The minimum atomic E-state index is -3.61. The van der Waals surface area contributed by atoms with Crippen molar-refractivity contribution >= 4 is 61.2 Å². The summed E-state index contributed by atoms with van der Waals surface area (Å²) in [5.41, 5.74) is -0.362. The molecule has 5 rings (SSSR count). The fourth-order valence-corrected chi connectivity index (χ4v) is 9.51. The lowest BCUT2D eigenvalue weighted by atomic mass is 9.87. The summed E-state index contributed by atoms with van der Waals surface area (Å²) < 4.78 is 39.1. The highest BCUT2D eigenvalue weighted by atomic mass is 32.2. The van der Waals surface area contributed by atoms with E-state index in [0.29, 0.717) is 33.8 Å². The van der Waals surface area contributed by atoms with Crippen molar-refractivity contribution in [2.24, 2.45) is 11.3 Å². The maximum Gasteiger partial charge on any atom is 0.330 e. The lowest BCUT2D eigenvalue weighted by Gasteiger charge is -2.34. The van der Waals surface area contributed by atoms with Crippen molar-refractivity contribution in [3.63, 3.8) is 0 Å². The van der Waals surface area contributed by atoms with E-state index in [9.17, 15) is 32.7 Å². The van der Waals surface area contributed by atoms with Gasteiger partial charge in [-0.3, -0.25) is 9.59 Å². The van der Waals surface area contributed by atoms with Crippen LogP contribution in [0.15, 0.2) is 41.8 Å². The number of amides is 4. The predicted molar refractivity (Wildman–Crippen MR) is 249 cm³/mol. The molecule has 5 atom stereocenters. The van der Waals surface area contributed by atoms with E-state index in [4.69, 9.17) is 19.4 Å². The number of pyridine rings is 1. The Bertz CT molecular complexity index is 2290. The van der Waals surface area contributed by atoms with Crippen LogP contribution in [0.1, 0.15) is 93.9 Å². The number of methoxy groups -OCH3 is 1. The molecule has 64 heavy (non-hydrogen) atoms. The lowest BCUT2D eigenvalue weighted by molar-refractivity contribution is -0.145. The molecule has 19 heteroatoms. The number of carboxylic acid groups (broad SMARTS) is 1. The van der Waals surface area contributed by atoms with Crippen LogP contribution in [0.2, 0.25) is 0 Å². The average Bonchev–Trinajstić information content (AvgIpc) is 3.49. The Kier molecular flexibility index (Phi) is 16.3. The van der Waals surface area contributed by atoms with Gasteiger partial charge in [-0.15, -0.1) is 11.3 Å². The number of aliphatic carboxylic acids is 1. The summed E-state index contributed by atoms with van der Waals surface area (Å²) in [6.45, 7) is 14.3. The topological polar surface area (TPSA) is 221 Å². The zero-order chi connectivity index (χ0) is 47.1. The van der Waals surface area contributed by atoms with E-state index in [-0.39, 0.29) is 32.0 Å². The number of likely N-dealkylation sites (tertiary alicyclic amines) is 1. The molecule has 4 amide bonds. The Morgan fingerprint density at radius 1 is 1.09 bits per heavy atom.